The van der Waals surface area contributed by atoms with E-state index in [0.717, 1.165) is 12.2 Å². The Morgan fingerprint density at radius 1 is 1.62 bits per heavy atom. The molecule has 0 atom stereocenters. The molecule has 0 amide bonds. The summed E-state index contributed by atoms with van der Waals surface area (Å²) in [5.41, 5.74) is 1.28. The Hall–Kier alpha value is -1.32. The molecule has 0 aromatic carbocycles. The predicted octanol–water partition coefficient (Wildman–Crippen LogP) is 1.39. The van der Waals surface area contributed by atoms with Gasteiger partial charge in [-0.3, -0.25) is 0 Å². The van der Waals surface area contributed by atoms with Crippen molar-refractivity contribution >= 4 is 5.97 Å². The predicted molar refractivity (Wildman–Crippen MR) is 48.6 cm³/mol. The molecule has 0 aliphatic rings. The molecule has 1 aromatic rings. The second-order valence-corrected chi connectivity index (χ2v) is 2.69. The van der Waals surface area contributed by atoms with Crippen LogP contribution < -0.4 is 0 Å². The minimum absolute atomic E-state index is 0.292. The van der Waals surface area contributed by atoms with E-state index in [1.165, 1.54) is 0 Å². The molecule has 0 aliphatic heterocycles. The van der Waals surface area contributed by atoms with Crippen LogP contribution in [0.3, 0.4) is 0 Å². The number of esters is 1. The lowest BCUT2D eigenvalue weighted by atomic mass is 10.3. The minimum Gasteiger partial charge on any atom is -0.461 e. The Morgan fingerprint density at radius 3 is 2.85 bits per heavy atom. The number of imidazole rings is 1. The first-order valence-corrected chi connectivity index (χ1v) is 4.39. The first kappa shape index (κ1) is 9.77. The van der Waals surface area contributed by atoms with Crippen LogP contribution in [0.5, 0.6) is 0 Å². The first-order chi connectivity index (χ1) is 6.20. The average Bonchev–Trinajstić information content (AvgIpc) is 2.47. The van der Waals surface area contributed by atoms with Crippen molar-refractivity contribution in [2.24, 2.45) is 0 Å². The van der Waals surface area contributed by atoms with Crippen molar-refractivity contribution in [3.63, 3.8) is 0 Å². The standard InChI is InChI=1S/C9H14N2O2/c1-4-11-6-10-7(3)8(11)9(12)13-5-2/h6H,4-5H2,1-3H3. The van der Waals surface area contributed by atoms with Crippen LogP contribution in [0.2, 0.25) is 0 Å². The van der Waals surface area contributed by atoms with Gasteiger partial charge in [0.1, 0.15) is 5.69 Å². The van der Waals surface area contributed by atoms with Gasteiger partial charge in [0, 0.05) is 6.54 Å². The molecule has 0 spiro atoms. The van der Waals surface area contributed by atoms with Gasteiger partial charge in [0.2, 0.25) is 0 Å². The van der Waals surface area contributed by atoms with E-state index < -0.39 is 0 Å². The van der Waals surface area contributed by atoms with Gasteiger partial charge in [-0.15, -0.1) is 0 Å². The van der Waals surface area contributed by atoms with Crippen molar-refractivity contribution in [2.45, 2.75) is 27.3 Å². The largest absolute Gasteiger partial charge is 0.461 e. The molecule has 0 saturated carbocycles. The zero-order valence-electron chi connectivity index (χ0n) is 8.20. The minimum atomic E-state index is -0.292. The van der Waals surface area contributed by atoms with Crippen LogP contribution in [-0.4, -0.2) is 22.1 Å². The van der Waals surface area contributed by atoms with E-state index >= 15 is 0 Å². The molecule has 1 aromatic heterocycles. The summed E-state index contributed by atoms with van der Waals surface area (Å²) in [5, 5.41) is 0. The van der Waals surface area contributed by atoms with E-state index in [9.17, 15) is 4.79 Å². The molecule has 13 heavy (non-hydrogen) atoms. The third-order valence-corrected chi connectivity index (χ3v) is 1.83. The van der Waals surface area contributed by atoms with Gasteiger partial charge in [-0.25, -0.2) is 9.78 Å². The van der Waals surface area contributed by atoms with Gasteiger partial charge in [-0.1, -0.05) is 0 Å². The maximum atomic E-state index is 11.4. The molecule has 4 nitrogen and oxygen atoms in total. The summed E-state index contributed by atoms with van der Waals surface area (Å²) in [6, 6.07) is 0. The normalized spacial score (nSPS) is 10.1. The number of nitrogens with zero attached hydrogens (tertiary/aromatic N) is 2. The Balaban J connectivity index is 2.96. The molecule has 0 saturated heterocycles. The number of aromatic nitrogens is 2. The average molecular weight is 182 g/mol. The summed E-state index contributed by atoms with van der Waals surface area (Å²) in [4.78, 5) is 15.5. The lowest BCUT2D eigenvalue weighted by Gasteiger charge is -2.04. The SMILES string of the molecule is CCOC(=O)c1c(C)ncn1CC. The molecular formula is C9H14N2O2. The Kier molecular flexibility index (Phi) is 3.06. The van der Waals surface area contributed by atoms with Crippen molar-refractivity contribution in [3.05, 3.63) is 17.7 Å². The molecule has 4 heteroatoms. The van der Waals surface area contributed by atoms with Gasteiger partial charge in [-0.05, 0) is 20.8 Å². The molecule has 0 fully saturated rings. The second kappa shape index (κ2) is 4.07. The van der Waals surface area contributed by atoms with E-state index in [1.54, 1.807) is 24.7 Å². The molecule has 0 aliphatic carbocycles. The number of aryl methyl sites for hydroxylation is 2. The lowest BCUT2D eigenvalue weighted by molar-refractivity contribution is 0.0513. The van der Waals surface area contributed by atoms with Crippen molar-refractivity contribution in [2.75, 3.05) is 6.61 Å². The van der Waals surface area contributed by atoms with Crippen molar-refractivity contribution in [3.8, 4) is 0 Å². The number of carbonyl (C=O) groups excluding carboxylic acids is 1. The lowest BCUT2D eigenvalue weighted by Crippen LogP contribution is -2.12. The Morgan fingerprint density at radius 2 is 2.31 bits per heavy atom. The molecule has 0 N–H and O–H groups in total. The van der Waals surface area contributed by atoms with Gasteiger partial charge in [0.05, 0.1) is 18.6 Å². The third kappa shape index (κ3) is 1.88. The number of ether oxygens (including phenoxy) is 1. The zero-order valence-corrected chi connectivity index (χ0v) is 8.20. The van der Waals surface area contributed by atoms with E-state index in [2.05, 4.69) is 4.98 Å². The number of hydrogen-bond acceptors (Lipinski definition) is 3. The van der Waals surface area contributed by atoms with Crippen molar-refractivity contribution < 1.29 is 9.53 Å². The molecule has 0 bridgehead atoms. The molecule has 1 heterocycles. The molecule has 1 rings (SSSR count). The summed E-state index contributed by atoms with van der Waals surface area (Å²) in [6.45, 7) is 6.68. The van der Waals surface area contributed by atoms with Crippen LogP contribution >= 0.6 is 0 Å². The fourth-order valence-electron chi connectivity index (χ4n) is 1.19. The van der Waals surface area contributed by atoms with Gasteiger partial charge < -0.3 is 9.30 Å². The summed E-state index contributed by atoms with van der Waals surface area (Å²) >= 11 is 0. The fraction of sp³-hybridized carbons (Fsp3) is 0.556. The highest BCUT2D eigenvalue weighted by atomic mass is 16.5. The molecule has 0 unspecified atom stereocenters. The highest BCUT2D eigenvalue weighted by Crippen LogP contribution is 2.07. The van der Waals surface area contributed by atoms with E-state index in [4.69, 9.17) is 4.74 Å². The molecule has 0 radical (unpaired) electrons. The van der Waals surface area contributed by atoms with Crippen LogP contribution in [0.15, 0.2) is 6.33 Å². The summed E-state index contributed by atoms with van der Waals surface area (Å²) in [7, 11) is 0. The van der Waals surface area contributed by atoms with Gasteiger partial charge >= 0.3 is 5.97 Å². The van der Waals surface area contributed by atoms with Crippen molar-refractivity contribution in [1.29, 1.82) is 0 Å². The summed E-state index contributed by atoms with van der Waals surface area (Å²) in [6.07, 6.45) is 1.65. The van der Waals surface area contributed by atoms with E-state index in [0.29, 0.717) is 12.3 Å². The van der Waals surface area contributed by atoms with Crippen molar-refractivity contribution in [1.82, 2.24) is 9.55 Å². The Labute approximate surface area is 77.5 Å². The van der Waals surface area contributed by atoms with E-state index in [-0.39, 0.29) is 5.97 Å². The van der Waals surface area contributed by atoms with Crippen LogP contribution in [0, 0.1) is 6.92 Å². The maximum Gasteiger partial charge on any atom is 0.356 e. The van der Waals surface area contributed by atoms with Crippen LogP contribution in [0.1, 0.15) is 30.0 Å². The van der Waals surface area contributed by atoms with Crippen LogP contribution in [0.4, 0.5) is 0 Å². The molecule has 72 valence electrons. The summed E-state index contributed by atoms with van der Waals surface area (Å²) in [5.74, 6) is -0.292. The second-order valence-electron chi connectivity index (χ2n) is 2.69. The number of rotatable bonds is 3. The van der Waals surface area contributed by atoms with Gasteiger partial charge in [0.25, 0.3) is 0 Å². The van der Waals surface area contributed by atoms with Crippen LogP contribution in [0.25, 0.3) is 0 Å². The fourth-order valence-corrected chi connectivity index (χ4v) is 1.19. The van der Waals surface area contributed by atoms with Crippen LogP contribution in [-0.2, 0) is 11.3 Å². The quantitative estimate of drug-likeness (QED) is 0.663. The third-order valence-electron chi connectivity index (χ3n) is 1.83. The highest BCUT2D eigenvalue weighted by Gasteiger charge is 2.15. The monoisotopic (exact) mass is 182 g/mol. The number of carbonyl (C=O) groups is 1. The first-order valence-electron chi connectivity index (χ1n) is 4.39. The van der Waals surface area contributed by atoms with Gasteiger partial charge in [0.15, 0.2) is 0 Å². The Bertz CT molecular complexity index is 305. The maximum absolute atomic E-state index is 11.4. The smallest absolute Gasteiger partial charge is 0.356 e. The van der Waals surface area contributed by atoms with E-state index in [1.807, 2.05) is 6.92 Å². The zero-order chi connectivity index (χ0) is 9.84. The topological polar surface area (TPSA) is 44.1 Å². The van der Waals surface area contributed by atoms with Gasteiger partial charge in [-0.2, -0.15) is 0 Å². The highest BCUT2D eigenvalue weighted by molar-refractivity contribution is 5.88. The molecular weight excluding hydrogens is 168 g/mol. The number of hydrogen-bond donors (Lipinski definition) is 0. The summed E-state index contributed by atoms with van der Waals surface area (Å²) < 4.78 is 6.69.